The SMILES string of the molecule is O=C1CN2C(=NN1)COc1ccc(NC(=O)C3CCNC3)cc12. The maximum absolute atomic E-state index is 12.2. The van der Waals surface area contributed by atoms with E-state index in [2.05, 4.69) is 21.2 Å². The fourth-order valence-corrected chi connectivity index (χ4v) is 2.99. The third-order valence-corrected chi connectivity index (χ3v) is 4.23. The number of hydrazone groups is 1. The zero-order valence-electron chi connectivity index (χ0n) is 12.5. The van der Waals surface area contributed by atoms with Gasteiger partial charge >= 0.3 is 0 Å². The van der Waals surface area contributed by atoms with Gasteiger partial charge in [-0.3, -0.25) is 9.59 Å². The molecular weight excluding hydrogens is 298 g/mol. The smallest absolute Gasteiger partial charge is 0.260 e. The monoisotopic (exact) mass is 315 g/mol. The van der Waals surface area contributed by atoms with Crippen LogP contribution in [0.4, 0.5) is 11.4 Å². The molecular formula is C15H17N5O3. The van der Waals surface area contributed by atoms with Gasteiger partial charge in [-0.25, -0.2) is 5.43 Å². The van der Waals surface area contributed by atoms with E-state index in [-0.39, 0.29) is 24.3 Å². The topological polar surface area (TPSA) is 95.1 Å². The number of hydrogen-bond donors (Lipinski definition) is 3. The van der Waals surface area contributed by atoms with Crippen LogP contribution in [0.3, 0.4) is 0 Å². The first-order chi connectivity index (χ1) is 11.2. The first-order valence-electron chi connectivity index (χ1n) is 7.62. The van der Waals surface area contributed by atoms with E-state index in [0.29, 0.717) is 30.4 Å². The van der Waals surface area contributed by atoms with Crippen LogP contribution in [0.15, 0.2) is 23.3 Å². The molecule has 0 saturated carbocycles. The van der Waals surface area contributed by atoms with Crippen molar-refractivity contribution in [3.8, 4) is 5.75 Å². The van der Waals surface area contributed by atoms with Gasteiger partial charge in [-0.15, -0.1) is 0 Å². The normalized spacial score (nSPS) is 22.4. The minimum absolute atomic E-state index is 0.000158. The summed E-state index contributed by atoms with van der Waals surface area (Å²) in [6.45, 7) is 2.09. The quantitative estimate of drug-likeness (QED) is 0.707. The molecule has 3 heterocycles. The number of rotatable bonds is 2. The van der Waals surface area contributed by atoms with Crippen LogP contribution in [-0.2, 0) is 9.59 Å². The number of fused-ring (bicyclic) bond motifs is 3. The molecule has 1 unspecified atom stereocenters. The molecule has 8 nitrogen and oxygen atoms in total. The first-order valence-corrected chi connectivity index (χ1v) is 7.62. The van der Waals surface area contributed by atoms with Crippen LogP contribution in [0.1, 0.15) is 6.42 Å². The van der Waals surface area contributed by atoms with E-state index in [0.717, 1.165) is 18.7 Å². The third kappa shape index (κ3) is 2.61. The highest BCUT2D eigenvalue weighted by Crippen LogP contribution is 2.35. The van der Waals surface area contributed by atoms with Crippen molar-refractivity contribution in [1.82, 2.24) is 10.7 Å². The van der Waals surface area contributed by atoms with Crippen molar-refractivity contribution in [3.63, 3.8) is 0 Å². The van der Waals surface area contributed by atoms with Crippen LogP contribution < -0.4 is 25.7 Å². The predicted octanol–water partition coefficient (Wildman–Crippen LogP) is -0.123. The molecule has 1 saturated heterocycles. The number of nitrogens with zero attached hydrogens (tertiary/aromatic N) is 2. The Kier molecular flexibility index (Phi) is 3.38. The average molecular weight is 315 g/mol. The number of amides is 2. The summed E-state index contributed by atoms with van der Waals surface area (Å²) in [5, 5.41) is 10.1. The number of benzene rings is 1. The lowest BCUT2D eigenvalue weighted by molar-refractivity contribution is -0.120. The lowest BCUT2D eigenvalue weighted by Crippen LogP contribution is -2.49. The fraction of sp³-hybridized carbons (Fsp3) is 0.400. The molecule has 8 heteroatoms. The molecule has 3 N–H and O–H groups in total. The highest BCUT2D eigenvalue weighted by atomic mass is 16.5. The summed E-state index contributed by atoms with van der Waals surface area (Å²) < 4.78 is 5.64. The minimum atomic E-state index is -0.173. The Bertz CT molecular complexity index is 696. The van der Waals surface area contributed by atoms with Crippen molar-refractivity contribution in [2.24, 2.45) is 11.0 Å². The molecule has 0 aromatic heterocycles. The molecule has 120 valence electrons. The number of carbonyl (C=O) groups is 2. The van der Waals surface area contributed by atoms with Gasteiger partial charge in [0.1, 0.15) is 18.9 Å². The Morgan fingerprint density at radius 2 is 2.35 bits per heavy atom. The van der Waals surface area contributed by atoms with Crippen molar-refractivity contribution in [1.29, 1.82) is 0 Å². The first kappa shape index (κ1) is 14.0. The Morgan fingerprint density at radius 3 is 3.17 bits per heavy atom. The summed E-state index contributed by atoms with van der Waals surface area (Å²) in [6.07, 6.45) is 0.850. The van der Waals surface area contributed by atoms with Gasteiger partial charge in [-0.1, -0.05) is 0 Å². The van der Waals surface area contributed by atoms with E-state index in [4.69, 9.17) is 4.74 Å². The number of carbonyl (C=O) groups excluding carboxylic acids is 2. The Labute approximate surface area is 132 Å². The number of hydrogen-bond acceptors (Lipinski definition) is 6. The number of amidine groups is 1. The molecule has 4 rings (SSSR count). The van der Waals surface area contributed by atoms with Crippen molar-refractivity contribution >= 4 is 29.0 Å². The van der Waals surface area contributed by atoms with E-state index in [1.807, 2.05) is 17.0 Å². The summed E-state index contributed by atoms with van der Waals surface area (Å²) in [7, 11) is 0. The largest absolute Gasteiger partial charge is 0.483 e. The molecule has 0 aliphatic carbocycles. The summed E-state index contributed by atoms with van der Waals surface area (Å²) >= 11 is 0. The lowest BCUT2D eigenvalue weighted by atomic mass is 10.1. The lowest BCUT2D eigenvalue weighted by Gasteiger charge is -2.34. The van der Waals surface area contributed by atoms with E-state index in [9.17, 15) is 9.59 Å². The van der Waals surface area contributed by atoms with E-state index in [1.54, 1.807) is 6.07 Å². The number of ether oxygens (including phenoxy) is 1. The summed E-state index contributed by atoms with van der Waals surface area (Å²) in [6, 6.07) is 5.44. The molecule has 3 aliphatic rings. The fourth-order valence-electron chi connectivity index (χ4n) is 2.99. The molecule has 0 bridgehead atoms. The van der Waals surface area contributed by atoms with Crippen LogP contribution >= 0.6 is 0 Å². The van der Waals surface area contributed by atoms with Gasteiger partial charge in [0.25, 0.3) is 5.91 Å². The van der Waals surface area contributed by atoms with Crippen molar-refractivity contribution in [2.45, 2.75) is 6.42 Å². The molecule has 23 heavy (non-hydrogen) atoms. The van der Waals surface area contributed by atoms with Gasteiger partial charge in [0.05, 0.1) is 11.6 Å². The zero-order chi connectivity index (χ0) is 15.8. The predicted molar refractivity (Wildman–Crippen MR) is 84.5 cm³/mol. The molecule has 0 radical (unpaired) electrons. The van der Waals surface area contributed by atoms with Gasteiger partial charge in [-0.05, 0) is 31.2 Å². The number of anilines is 2. The van der Waals surface area contributed by atoms with Crippen LogP contribution in [0, 0.1) is 5.92 Å². The van der Waals surface area contributed by atoms with Crippen LogP contribution in [-0.4, -0.2) is 43.9 Å². The van der Waals surface area contributed by atoms with Gasteiger partial charge in [0.15, 0.2) is 5.84 Å². The van der Waals surface area contributed by atoms with E-state index < -0.39 is 0 Å². The van der Waals surface area contributed by atoms with Crippen LogP contribution in [0.5, 0.6) is 5.75 Å². The second-order valence-corrected chi connectivity index (χ2v) is 5.80. The number of nitrogens with one attached hydrogen (secondary N) is 3. The van der Waals surface area contributed by atoms with Gasteiger partial charge in [0, 0.05) is 12.2 Å². The molecule has 1 atom stereocenters. The molecule has 2 amide bonds. The van der Waals surface area contributed by atoms with Crippen LogP contribution in [0.25, 0.3) is 0 Å². The van der Waals surface area contributed by atoms with Crippen LogP contribution in [0.2, 0.25) is 0 Å². The van der Waals surface area contributed by atoms with Gasteiger partial charge in [-0.2, -0.15) is 5.10 Å². The second kappa shape index (κ2) is 5.54. The maximum atomic E-state index is 12.2. The van der Waals surface area contributed by atoms with Crippen molar-refractivity contribution < 1.29 is 14.3 Å². The average Bonchev–Trinajstić information content (AvgIpc) is 3.09. The molecule has 1 aromatic carbocycles. The molecule has 1 fully saturated rings. The maximum Gasteiger partial charge on any atom is 0.260 e. The summed E-state index contributed by atoms with van der Waals surface area (Å²) in [5.41, 5.74) is 3.88. The van der Waals surface area contributed by atoms with E-state index >= 15 is 0 Å². The van der Waals surface area contributed by atoms with Crippen molar-refractivity contribution in [2.75, 3.05) is 36.5 Å². The van der Waals surface area contributed by atoms with Gasteiger partial charge < -0.3 is 20.3 Å². The second-order valence-electron chi connectivity index (χ2n) is 5.80. The minimum Gasteiger partial charge on any atom is -0.483 e. The van der Waals surface area contributed by atoms with Crippen molar-refractivity contribution in [3.05, 3.63) is 18.2 Å². The highest BCUT2D eigenvalue weighted by Gasteiger charge is 2.29. The standard InChI is InChI=1S/C15H17N5O3/c21-14-7-20-11-5-10(17-15(22)9-3-4-16-6-9)1-2-12(11)23-8-13(20)18-19-14/h1-2,5,9,16H,3-4,6-8H2,(H,17,22)(H,19,21). The Morgan fingerprint density at radius 1 is 1.43 bits per heavy atom. The zero-order valence-corrected chi connectivity index (χ0v) is 12.5. The van der Waals surface area contributed by atoms with E-state index in [1.165, 1.54) is 0 Å². The molecule has 3 aliphatic heterocycles. The van der Waals surface area contributed by atoms with Gasteiger partial charge in [0.2, 0.25) is 5.91 Å². The third-order valence-electron chi connectivity index (χ3n) is 4.23. The highest BCUT2D eigenvalue weighted by molar-refractivity contribution is 6.08. The molecule has 0 spiro atoms. The molecule has 1 aromatic rings. The Balaban J connectivity index is 1.58. The summed E-state index contributed by atoms with van der Waals surface area (Å²) in [5.74, 6) is 1.17. The Hall–Kier alpha value is -2.61. The summed E-state index contributed by atoms with van der Waals surface area (Å²) in [4.78, 5) is 25.6.